The van der Waals surface area contributed by atoms with Crippen molar-refractivity contribution in [2.75, 3.05) is 27.2 Å². The van der Waals surface area contributed by atoms with Gasteiger partial charge in [-0.15, -0.1) is 0 Å². The topological polar surface area (TPSA) is 78.1 Å². The lowest BCUT2D eigenvalue weighted by molar-refractivity contribution is 0.0952. The van der Waals surface area contributed by atoms with Crippen LogP contribution in [0.15, 0.2) is 41.5 Å². The summed E-state index contributed by atoms with van der Waals surface area (Å²) < 4.78 is 0. The van der Waals surface area contributed by atoms with Crippen molar-refractivity contribution in [2.24, 2.45) is 0 Å². The van der Waals surface area contributed by atoms with Gasteiger partial charge in [0.1, 0.15) is 0 Å². The van der Waals surface area contributed by atoms with Crippen molar-refractivity contribution in [1.29, 1.82) is 0 Å². The van der Waals surface area contributed by atoms with E-state index >= 15 is 0 Å². The summed E-state index contributed by atoms with van der Waals surface area (Å²) in [6.07, 6.45) is 3.15. The molecule has 3 rings (SSSR count). The zero-order valence-corrected chi connectivity index (χ0v) is 13.1. The Labute approximate surface area is 133 Å². The Morgan fingerprint density at radius 2 is 2.09 bits per heavy atom. The summed E-state index contributed by atoms with van der Waals surface area (Å²) in [4.78, 5) is 34.2. The second kappa shape index (κ2) is 6.18. The first-order valence-electron chi connectivity index (χ1n) is 7.39. The van der Waals surface area contributed by atoms with Gasteiger partial charge in [-0.05, 0) is 32.3 Å². The molecule has 2 aromatic heterocycles. The molecule has 118 valence electrons. The lowest BCUT2D eigenvalue weighted by Gasteiger charge is -2.12. The van der Waals surface area contributed by atoms with E-state index in [0.717, 1.165) is 6.54 Å². The largest absolute Gasteiger partial charge is 0.354 e. The third-order valence-corrected chi connectivity index (χ3v) is 3.72. The Kier molecular flexibility index (Phi) is 4.08. The molecule has 6 nitrogen and oxygen atoms in total. The lowest BCUT2D eigenvalue weighted by Crippen LogP contribution is -2.31. The molecule has 0 unspecified atom stereocenters. The van der Waals surface area contributed by atoms with Gasteiger partial charge in [-0.1, -0.05) is 6.07 Å². The van der Waals surface area contributed by atoms with Gasteiger partial charge in [-0.3, -0.25) is 14.6 Å². The highest BCUT2D eigenvalue weighted by atomic mass is 16.1. The normalized spacial score (nSPS) is 11.3. The zero-order valence-electron chi connectivity index (χ0n) is 13.1. The fourth-order valence-corrected chi connectivity index (χ4v) is 2.52. The maximum absolute atomic E-state index is 12.6. The number of carbonyl (C=O) groups excluding carboxylic acids is 1. The van der Waals surface area contributed by atoms with E-state index in [1.807, 2.05) is 19.0 Å². The van der Waals surface area contributed by atoms with E-state index in [1.165, 1.54) is 6.20 Å². The molecule has 2 heterocycles. The summed E-state index contributed by atoms with van der Waals surface area (Å²) in [5.41, 5.74) is 1.58. The second-order valence-electron chi connectivity index (χ2n) is 5.66. The van der Waals surface area contributed by atoms with Crippen molar-refractivity contribution in [3.05, 3.63) is 52.4 Å². The third-order valence-electron chi connectivity index (χ3n) is 3.72. The number of hydrogen-bond acceptors (Lipinski definition) is 4. The number of aromatic nitrogens is 2. The lowest BCUT2D eigenvalue weighted by atomic mass is 10.1. The molecule has 0 saturated carbocycles. The quantitative estimate of drug-likeness (QED) is 0.713. The maximum Gasteiger partial charge on any atom is 0.253 e. The Morgan fingerprint density at radius 1 is 1.26 bits per heavy atom. The smallest absolute Gasteiger partial charge is 0.253 e. The molecule has 1 aromatic carbocycles. The minimum absolute atomic E-state index is 0.121. The number of hydrogen-bond donors (Lipinski definition) is 2. The van der Waals surface area contributed by atoms with Crippen LogP contribution in [0, 0.1) is 0 Å². The number of nitrogens with one attached hydrogen (secondary N) is 2. The minimum atomic E-state index is -0.193. The summed E-state index contributed by atoms with van der Waals surface area (Å²) in [7, 11) is 3.89. The van der Waals surface area contributed by atoms with E-state index in [1.54, 1.807) is 30.5 Å². The van der Waals surface area contributed by atoms with Crippen molar-refractivity contribution in [2.45, 2.75) is 0 Å². The predicted octanol–water partition coefficient (Wildman–Crippen LogP) is 1.37. The SMILES string of the molecule is CN(C)CCNC(=O)c1cccc2c(=O)c3cnccc3[nH]c12. The van der Waals surface area contributed by atoms with Gasteiger partial charge in [0.05, 0.1) is 22.0 Å². The molecule has 0 radical (unpaired) electrons. The Morgan fingerprint density at radius 3 is 2.87 bits per heavy atom. The van der Waals surface area contributed by atoms with E-state index in [-0.39, 0.29) is 11.3 Å². The molecule has 0 aliphatic rings. The highest BCUT2D eigenvalue weighted by Gasteiger charge is 2.13. The number of amides is 1. The van der Waals surface area contributed by atoms with Gasteiger partial charge >= 0.3 is 0 Å². The number of H-pyrrole nitrogens is 1. The van der Waals surface area contributed by atoms with Gasteiger partial charge in [-0.2, -0.15) is 0 Å². The minimum Gasteiger partial charge on any atom is -0.354 e. The number of para-hydroxylation sites is 1. The monoisotopic (exact) mass is 310 g/mol. The van der Waals surface area contributed by atoms with Crippen LogP contribution >= 0.6 is 0 Å². The zero-order chi connectivity index (χ0) is 16.4. The van der Waals surface area contributed by atoms with E-state index < -0.39 is 0 Å². The first-order chi connectivity index (χ1) is 11.1. The fraction of sp³-hybridized carbons (Fsp3) is 0.235. The van der Waals surface area contributed by atoms with Gasteiger partial charge in [0, 0.05) is 30.9 Å². The Balaban J connectivity index is 2.08. The van der Waals surface area contributed by atoms with Crippen LogP contribution in [0.2, 0.25) is 0 Å². The summed E-state index contributed by atoms with van der Waals surface area (Å²) >= 11 is 0. The molecular weight excluding hydrogens is 292 g/mol. The van der Waals surface area contributed by atoms with Gasteiger partial charge < -0.3 is 15.2 Å². The number of nitrogens with zero attached hydrogens (tertiary/aromatic N) is 2. The average molecular weight is 310 g/mol. The summed E-state index contributed by atoms with van der Waals surface area (Å²) in [6, 6.07) is 6.89. The van der Waals surface area contributed by atoms with Crippen LogP contribution < -0.4 is 10.7 Å². The molecule has 3 aromatic rings. The highest BCUT2D eigenvalue weighted by molar-refractivity contribution is 6.07. The molecule has 6 heteroatoms. The summed E-state index contributed by atoms with van der Waals surface area (Å²) in [6.45, 7) is 1.30. The highest BCUT2D eigenvalue weighted by Crippen LogP contribution is 2.17. The number of benzene rings is 1. The molecule has 1 amide bonds. The van der Waals surface area contributed by atoms with Gasteiger partial charge in [0.2, 0.25) is 0 Å². The van der Waals surface area contributed by atoms with E-state index in [9.17, 15) is 9.59 Å². The van der Waals surface area contributed by atoms with Crippen LogP contribution in [0.5, 0.6) is 0 Å². The van der Waals surface area contributed by atoms with E-state index in [2.05, 4.69) is 15.3 Å². The van der Waals surface area contributed by atoms with Crippen LogP contribution in [0.25, 0.3) is 21.8 Å². The number of rotatable bonds is 4. The molecule has 0 atom stereocenters. The van der Waals surface area contributed by atoms with Crippen LogP contribution in [0.4, 0.5) is 0 Å². The number of likely N-dealkylation sites (N-methyl/N-ethyl adjacent to an activating group) is 1. The molecule has 0 bridgehead atoms. The maximum atomic E-state index is 12.6. The van der Waals surface area contributed by atoms with Gasteiger partial charge in [0.15, 0.2) is 5.43 Å². The van der Waals surface area contributed by atoms with Crippen molar-refractivity contribution in [1.82, 2.24) is 20.2 Å². The summed E-state index contributed by atoms with van der Waals surface area (Å²) in [5, 5.41) is 3.89. The van der Waals surface area contributed by atoms with Crippen molar-refractivity contribution in [3.8, 4) is 0 Å². The molecule has 0 saturated heterocycles. The van der Waals surface area contributed by atoms with E-state index in [4.69, 9.17) is 0 Å². The molecule has 0 aliphatic carbocycles. The van der Waals surface area contributed by atoms with Gasteiger partial charge in [0.25, 0.3) is 5.91 Å². The Hall–Kier alpha value is -2.73. The first-order valence-corrected chi connectivity index (χ1v) is 7.39. The van der Waals surface area contributed by atoms with Crippen LogP contribution in [-0.4, -0.2) is 48.0 Å². The first kappa shape index (κ1) is 15.2. The number of aromatic amines is 1. The molecule has 0 fully saturated rings. The number of pyridine rings is 2. The number of carbonyl (C=O) groups is 1. The van der Waals surface area contributed by atoms with Crippen molar-refractivity contribution >= 4 is 27.7 Å². The molecule has 2 N–H and O–H groups in total. The third kappa shape index (κ3) is 2.93. The summed E-state index contributed by atoms with van der Waals surface area (Å²) in [5.74, 6) is -0.193. The molecule has 0 aliphatic heterocycles. The van der Waals surface area contributed by atoms with E-state index in [0.29, 0.717) is 33.9 Å². The molecular formula is C17H18N4O2. The van der Waals surface area contributed by atoms with Crippen LogP contribution in [0.1, 0.15) is 10.4 Å². The number of fused-ring (bicyclic) bond motifs is 2. The standard InChI is InChI=1S/C17H18N4O2/c1-21(2)9-8-19-17(23)12-5-3-4-11-15(12)20-14-6-7-18-10-13(14)16(11)22/h3-7,10H,8-9H2,1-2H3,(H,19,23)(H,20,22). The van der Waals surface area contributed by atoms with Crippen LogP contribution in [-0.2, 0) is 0 Å². The van der Waals surface area contributed by atoms with Crippen molar-refractivity contribution in [3.63, 3.8) is 0 Å². The predicted molar refractivity (Wildman–Crippen MR) is 90.8 cm³/mol. The average Bonchev–Trinajstić information content (AvgIpc) is 2.54. The molecule has 23 heavy (non-hydrogen) atoms. The second-order valence-corrected chi connectivity index (χ2v) is 5.66. The fourth-order valence-electron chi connectivity index (χ4n) is 2.52. The molecule has 0 spiro atoms. The Bertz CT molecular complexity index is 931. The van der Waals surface area contributed by atoms with Crippen molar-refractivity contribution < 1.29 is 4.79 Å². The van der Waals surface area contributed by atoms with Crippen LogP contribution in [0.3, 0.4) is 0 Å². The van der Waals surface area contributed by atoms with Gasteiger partial charge in [-0.25, -0.2) is 0 Å².